The molecule has 0 aliphatic carbocycles. The first kappa shape index (κ1) is 12.2. The lowest BCUT2D eigenvalue weighted by Gasteiger charge is -2.05. The van der Waals surface area contributed by atoms with Gasteiger partial charge in [0.15, 0.2) is 0 Å². The van der Waals surface area contributed by atoms with Crippen molar-refractivity contribution in [2.24, 2.45) is 0 Å². The van der Waals surface area contributed by atoms with Gasteiger partial charge in [-0.3, -0.25) is 0 Å². The van der Waals surface area contributed by atoms with Crippen molar-refractivity contribution in [3.8, 4) is 0 Å². The molecule has 0 spiro atoms. The summed E-state index contributed by atoms with van der Waals surface area (Å²) in [5.41, 5.74) is 2.31. The van der Waals surface area contributed by atoms with E-state index in [1.165, 1.54) is 11.3 Å². The lowest BCUT2D eigenvalue weighted by Crippen LogP contribution is -2.02. The molecule has 90 valence electrons. The summed E-state index contributed by atoms with van der Waals surface area (Å²) in [4.78, 5) is 4.69. The fourth-order valence-corrected chi connectivity index (χ4v) is 2.15. The van der Waals surface area contributed by atoms with Crippen molar-refractivity contribution >= 4 is 23.7 Å². The number of aryl methyl sites for hydroxylation is 1. The molecule has 0 radical (unpaired) electrons. The molecule has 0 aliphatic heterocycles. The van der Waals surface area contributed by atoms with Crippen molar-refractivity contribution in [3.63, 3.8) is 0 Å². The molecule has 1 aromatic heterocycles. The van der Waals surface area contributed by atoms with Crippen molar-refractivity contribution in [1.29, 1.82) is 0 Å². The highest BCUT2D eigenvalue weighted by Crippen LogP contribution is 2.17. The molecule has 17 heavy (non-hydrogen) atoms. The molecule has 0 fully saturated rings. The Balaban J connectivity index is 2.40. The summed E-state index contributed by atoms with van der Waals surface area (Å²) in [7, 11) is 0. The summed E-state index contributed by atoms with van der Waals surface area (Å²) >= 11 is 4.18. The van der Waals surface area contributed by atoms with Crippen LogP contribution in [-0.2, 0) is 13.0 Å². The van der Waals surface area contributed by atoms with Crippen LogP contribution in [0.4, 0.5) is 0 Å². The van der Waals surface area contributed by atoms with Gasteiger partial charge in [0.25, 0.3) is 0 Å². The van der Waals surface area contributed by atoms with Crippen LogP contribution < -0.4 is 0 Å². The van der Waals surface area contributed by atoms with Crippen LogP contribution in [-0.4, -0.2) is 15.3 Å². The van der Waals surface area contributed by atoms with Crippen LogP contribution in [0.5, 0.6) is 0 Å². The number of imidazole rings is 1. The van der Waals surface area contributed by atoms with E-state index in [0.717, 1.165) is 30.7 Å². The Labute approximate surface area is 108 Å². The number of rotatable bonds is 5. The van der Waals surface area contributed by atoms with Gasteiger partial charge in [-0.05, 0) is 18.6 Å². The first-order valence-electron chi connectivity index (χ1n) is 6.06. The van der Waals surface area contributed by atoms with Crippen molar-refractivity contribution in [3.05, 3.63) is 42.2 Å². The largest absolute Gasteiger partial charge is 0.324 e. The number of fused-ring (bicyclic) bond motifs is 1. The summed E-state index contributed by atoms with van der Waals surface area (Å²) < 4.78 is 2.29. The van der Waals surface area contributed by atoms with Gasteiger partial charge in [0, 0.05) is 18.7 Å². The van der Waals surface area contributed by atoms with Crippen molar-refractivity contribution in [1.82, 2.24) is 9.55 Å². The number of allylic oxidation sites excluding steroid dienone is 1. The van der Waals surface area contributed by atoms with E-state index in [1.807, 2.05) is 6.07 Å². The summed E-state index contributed by atoms with van der Waals surface area (Å²) in [5.74, 6) is 1.97. The summed E-state index contributed by atoms with van der Waals surface area (Å²) in [5, 5.41) is 0. The van der Waals surface area contributed by atoms with Crippen LogP contribution >= 0.6 is 12.6 Å². The maximum Gasteiger partial charge on any atom is 0.110 e. The molecule has 0 N–H and O–H groups in total. The topological polar surface area (TPSA) is 17.8 Å². The standard InChI is InChI=1S/C14H18N2S/c1-2-7-14-15-12-8-3-4-9-13(12)16(14)10-5-6-11-17/h3-6,8-9,17H,2,7,10-11H2,1H3/b6-5+. The molecule has 1 aromatic carbocycles. The molecule has 0 atom stereocenters. The normalized spacial score (nSPS) is 11.6. The minimum atomic E-state index is 0.787. The van der Waals surface area contributed by atoms with Gasteiger partial charge in [0.2, 0.25) is 0 Å². The number of hydrogen-bond donors (Lipinski definition) is 1. The Morgan fingerprint density at radius 1 is 1.29 bits per heavy atom. The quantitative estimate of drug-likeness (QED) is 0.631. The van der Waals surface area contributed by atoms with E-state index in [-0.39, 0.29) is 0 Å². The average molecular weight is 246 g/mol. The first-order valence-corrected chi connectivity index (χ1v) is 6.70. The van der Waals surface area contributed by atoms with Gasteiger partial charge in [0.05, 0.1) is 11.0 Å². The highest BCUT2D eigenvalue weighted by atomic mass is 32.1. The van der Waals surface area contributed by atoms with Crippen LogP contribution in [0.1, 0.15) is 19.2 Å². The van der Waals surface area contributed by atoms with Gasteiger partial charge < -0.3 is 4.57 Å². The Hall–Kier alpha value is -1.22. The Kier molecular flexibility index (Phi) is 4.26. The van der Waals surface area contributed by atoms with Crippen LogP contribution in [0.15, 0.2) is 36.4 Å². The first-order chi connectivity index (χ1) is 8.36. The Bertz CT molecular complexity index is 514. The number of thiol groups is 1. The van der Waals surface area contributed by atoms with E-state index in [4.69, 9.17) is 4.98 Å². The van der Waals surface area contributed by atoms with E-state index in [9.17, 15) is 0 Å². The van der Waals surface area contributed by atoms with Gasteiger partial charge in [-0.1, -0.05) is 31.2 Å². The summed E-state index contributed by atoms with van der Waals surface area (Å²) in [6.07, 6.45) is 6.39. The Morgan fingerprint density at radius 2 is 2.12 bits per heavy atom. The predicted molar refractivity (Wildman–Crippen MR) is 76.7 cm³/mol. The smallest absolute Gasteiger partial charge is 0.110 e. The third-order valence-electron chi connectivity index (χ3n) is 2.77. The second kappa shape index (κ2) is 5.92. The minimum absolute atomic E-state index is 0.787. The number of aromatic nitrogens is 2. The number of para-hydroxylation sites is 2. The monoisotopic (exact) mass is 246 g/mol. The molecular formula is C14H18N2S. The molecular weight excluding hydrogens is 228 g/mol. The molecule has 0 bridgehead atoms. The zero-order valence-corrected chi connectivity index (χ0v) is 11.0. The van der Waals surface area contributed by atoms with Crippen LogP contribution in [0, 0.1) is 0 Å². The SMILES string of the molecule is CCCc1nc2ccccc2n1C/C=C/CS. The fourth-order valence-electron chi connectivity index (χ4n) is 2.00. The molecule has 1 heterocycles. The second-order valence-electron chi connectivity index (χ2n) is 4.03. The molecule has 2 rings (SSSR count). The zero-order chi connectivity index (χ0) is 12.1. The number of nitrogens with zero attached hydrogens (tertiary/aromatic N) is 2. The summed E-state index contributed by atoms with van der Waals surface area (Å²) in [6.45, 7) is 3.07. The molecule has 2 nitrogen and oxygen atoms in total. The highest BCUT2D eigenvalue weighted by molar-refractivity contribution is 7.80. The van der Waals surface area contributed by atoms with Gasteiger partial charge in [-0.15, -0.1) is 0 Å². The van der Waals surface area contributed by atoms with E-state index < -0.39 is 0 Å². The fraction of sp³-hybridized carbons (Fsp3) is 0.357. The van der Waals surface area contributed by atoms with Gasteiger partial charge in [0.1, 0.15) is 5.82 Å². The maximum atomic E-state index is 4.69. The Morgan fingerprint density at radius 3 is 2.88 bits per heavy atom. The van der Waals surface area contributed by atoms with Crippen LogP contribution in [0.25, 0.3) is 11.0 Å². The van der Waals surface area contributed by atoms with Gasteiger partial charge >= 0.3 is 0 Å². The van der Waals surface area contributed by atoms with Crippen molar-refractivity contribution in [2.45, 2.75) is 26.3 Å². The van der Waals surface area contributed by atoms with Crippen molar-refractivity contribution < 1.29 is 0 Å². The molecule has 0 saturated carbocycles. The van der Waals surface area contributed by atoms with Crippen LogP contribution in [0.3, 0.4) is 0 Å². The second-order valence-corrected chi connectivity index (χ2v) is 4.40. The molecule has 0 saturated heterocycles. The third-order valence-corrected chi connectivity index (χ3v) is 2.98. The summed E-state index contributed by atoms with van der Waals surface area (Å²) in [6, 6.07) is 8.32. The van der Waals surface area contributed by atoms with Gasteiger partial charge in [-0.25, -0.2) is 4.98 Å². The van der Waals surface area contributed by atoms with E-state index >= 15 is 0 Å². The number of benzene rings is 1. The maximum absolute atomic E-state index is 4.69. The van der Waals surface area contributed by atoms with Crippen molar-refractivity contribution in [2.75, 3.05) is 5.75 Å². The lowest BCUT2D eigenvalue weighted by atomic mass is 10.3. The highest BCUT2D eigenvalue weighted by Gasteiger charge is 2.07. The van der Waals surface area contributed by atoms with E-state index in [2.05, 4.69) is 54.5 Å². The molecule has 0 aliphatic rings. The minimum Gasteiger partial charge on any atom is -0.324 e. The molecule has 0 unspecified atom stereocenters. The van der Waals surface area contributed by atoms with E-state index in [0.29, 0.717) is 0 Å². The van der Waals surface area contributed by atoms with E-state index in [1.54, 1.807) is 0 Å². The van der Waals surface area contributed by atoms with Crippen LogP contribution in [0.2, 0.25) is 0 Å². The zero-order valence-electron chi connectivity index (χ0n) is 10.1. The molecule has 0 amide bonds. The number of hydrogen-bond acceptors (Lipinski definition) is 2. The third kappa shape index (κ3) is 2.72. The molecule has 3 heteroatoms. The lowest BCUT2D eigenvalue weighted by molar-refractivity contribution is 0.732. The molecule has 2 aromatic rings. The van der Waals surface area contributed by atoms with Gasteiger partial charge in [-0.2, -0.15) is 12.6 Å². The predicted octanol–water partition coefficient (Wildman–Crippen LogP) is 3.47. The average Bonchev–Trinajstić information content (AvgIpc) is 2.69.